The molecule has 0 fully saturated rings. The van der Waals surface area contributed by atoms with E-state index in [2.05, 4.69) is 50.3 Å². The fraction of sp³-hybridized carbons (Fsp3) is 0.868. The zero-order valence-corrected chi connectivity index (χ0v) is 51.6. The topological polar surface area (TPSA) is 108 Å². The zero-order chi connectivity index (χ0) is 56.2. The van der Waals surface area contributed by atoms with Crippen molar-refractivity contribution in [3.05, 3.63) is 36.5 Å². The molecule has 0 saturated carbocycles. The third-order valence-corrected chi connectivity index (χ3v) is 14.9. The molecule has 0 aromatic rings. The molecule has 77 heavy (non-hydrogen) atoms. The normalized spacial score (nSPS) is 12.9. The van der Waals surface area contributed by atoms with Crippen molar-refractivity contribution in [1.29, 1.82) is 0 Å². The summed E-state index contributed by atoms with van der Waals surface area (Å²) in [5.74, 6) is -2.00. The molecule has 0 bridgehead atoms. The van der Waals surface area contributed by atoms with E-state index in [0.29, 0.717) is 23.9 Å². The van der Waals surface area contributed by atoms with Gasteiger partial charge in [0, 0.05) is 12.8 Å². The van der Waals surface area contributed by atoms with Crippen LogP contribution in [0.4, 0.5) is 0 Å². The lowest BCUT2D eigenvalue weighted by atomic mass is 10.0. The van der Waals surface area contributed by atoms with Crippen LogP contribution in [0, 0.1) is 0 Å². The van der Waals surface area contributed by atoms with Crippen LogP contribution in [0.5, 0.6) is 0 Å². The standard InChI is InChI=1S/C68H127NO8/c1-6-8-10-12-14-16-18-20-22-24-26-28-29-30-31-32-33-34-35-36-37-39-40-42-44-46-48-50-52-54-56-58-65(70)75-62-64(63-76-68(67(72)73)74-61-60-69(3,4)5)77-66(71)59-57-55-53-51-49-47-45-43-41-38-27-25-23-21-19-17-15-13-11-9-7-2/h19,21,25,27,41,43,64,68H,6-18,20,22-24,26,28-40,42,44-63H2,1-5H3/p+1/b21-19-,27-25-,43-41-. The largest absolute Gasteiger partial charge is 0.477 e. The average molecular weight is 1090 g/mol. The Morgan fingerprint density at radius 3 is 1.04 bits per heavy atom. The Morgan fingerprint density at radius 1 is 0.390 bits per heavy atom. The molecule has 0 aromatic carbocycles. The zero-order valence-electron chi connectivity index (χ0n) is 51.6. The Bertz CT molecular complexity index is 1360. The molecule has 9 nitrogen and oxygen atoms in total. The summed E-state index contributed by atoms with van der Waals surface area (Å²) in [6.07, 6.45) is 71.1. The van der Waals surface area contributed by atoms with Crippen LogP contribution in [-0.4, -0.2) is 87.4 Å². The van der Waals surface area contributed by atoms with E-state index in [1.807, 2.05) is 21.1 Å². The highest BCUT2D eigenvalue weighted by Gasteiger charge is 2.25. The Kier molecular flexibility index (Phi) is 57.7. The Hall–Kier alpha value is -2.49. The lowest BCUT2D eigenvalue weighted by Gasteiger charge is -2.25. The molecule has 2 atom stereocenters. The number of carbonyl (C=O) groups excluding carboxylic acids is 2. The third-order valence-electron chi connectivity index (χ3n) is 14.9. The van der Waals surface area contributed by atoms with Gasteiger partial charge in [0.05, 0.1) is 34.4 Å². The number of aliphatic carboxylic acids is 1. The Morgan fingerprint density at radius 2 is 0.701 bits per heavy atom. The number of rotatable bonds is 62. The summed E-state index contributed by atoms with van der Waals surface area (Å²) in [5.41, 5.74) is 0. The second-order valence-electron chi connectivity index (χ2n) is 23.8. The van der Waals surface area contributed by atoms with E-state index in [9.17, 15) is 19.5 Å². The SMILES string of the molecule is CCCCCCC/C=C\C/C=C\C/C=C\CCCCCCCCC(=O)OC(COC(=O)CCCCCCCCCCCCCCCCCCCCCCCCCCCCCCCCC)COC(OCC[N+](C)(C)C)C(=O)O. The van der Waals surface area contributed by atoms with Crippen LogP contribution in [-0.2, 0) is 33.3 Å². The quantitative estimate of drug-likeness (QED) is 0.0211. The van der Waals surface area contributed by atoms with Gasteiger partial charge < -0.3 is 28.5 Å². The number of ether oxygens (including phenoxy) is 4. The van der Waals surface area contributed by atoms with Gasteiger partial charge in [0.2, 0.25) is 0 Å². The van der Waals surface area contributed by atoms with Crippen LogP contribution in [0.3, 0.4) is 0 Å². The van der Waals surface area contributed by atoms with Crippen LogP contribution in [0.1, 0.15) is 322 Å². The summed E-state index contributed by atoms with van der Waals surface area (Å²) < 4.78 is 22.9. The molecule has 452 valence electrons. The van der Waals surface area contributed by atoms with Gasteiger partial charge in [-0.3, -0.25) is 9.59 Å². The van der Waals surface area contributed by atoms with E-state index in [0.717, 1.165) is 57.8 Å². The van der Waals surface area contributed by atoms with E-state index in [-0.39, 0.29) is 32.2 Å². The van der Waals surface area contributed by atoms with Crippen LogP contribution >= 0.6 is 0 Å². The van der Waals surface area contributed by atoms with Crippen molar-refractivity contribution >= 4 is 17.9 Å². The maximum Gasteiger partial charge on any atom is 0.361 e. The first-order chi connectivity index (χ1) is 37.6. The highest BCUT2D eigenvalue weighted by atomic mass is 16.7. The van der Waals surface area contributed by atoms with Gasteiger partial charge >= 0.3 is 17.9 Å². The van der Waals surface area contributed by atoms with Crippen molar-refractivity contribution in [3.8, 4) is 0 Å². The fourth-order valence-electron chi connectivity index (χ4n) is 9.79. The van der Waals surface area contributed by atoms with Crippen LogP contribution in [0.2, 0.25) is 0 Å². The molecule has 0 aromatic heterocycles. The maximum absolute atomic E-state index is 12.9. The van der Waals surface area contributed by atoms with Crippen LogP contribution in [0.25, 0.3) is 0 Å². The van der Waals surface area contributed by atoms with E-state index in [1.165, 1.54) is 231 Å². The summed E-state index contributed by atoms with van der Waals surface area (Å²) in [7, 11) is 5.98. The summed E-state index contributed by atoms with van der Waals surface area (Å²) in [6.45, 7) is 4.90. The molecule has 0 heterocycles. The van der Waals surface area contributed by atoms with E-state index < -0.39 is 24.3 Å². The van der Waals surface area contributed by atoms with Crippen molar-refractivity contribution in [2.45, 2.75) is 334 Å². The van der Waals surface area contributed by atoms with Gasteiger partial charge in [0.25, 0.3) is 6.29 Å². The molecular formula is C68H128NO8+. The van der Waals surface area contributed by atoms with E-state index in [4.69, 9.17) is 18.9 Å². The summed E-state index contributed by atoms with van der Waals surface area (Å²) in [6, 6.07) is 0. The molecule has 0 aliphatic heterocycles. The third kappa shape index (κ3) is 61.0. The molecule has 0 aliphatic carbocycles. The molecule has 0 amide bonds. The fourth-order valence-corrected chi connectivity index (χ4v) is 9.79. The number of unbranched alkanes of at least 4 members (excludes halogenated alkanes) is 41. The van der Waals surface area contributed by atoms with Crippen LogP contribution in [0.15, 0.2) is 36.5 Å². The van der Waals surface area contributed by atoms with Crippen molar-refractivity contribution < 1.29 is 42.9 Å². The number of carboxylic acids is 1. The van der Waals surface area contributed by atoms with Gasteiger partial charge in [-0.25, -0.2) is 4.79 Å². The number of hydrogen-bond donors (Lipinski definition) is 1. The molecule has 0 aliphatic rings. The molecular weight excluding hydrogens is 959 g/mol. The minimum atomic E-state index is -1.51. The predicted molar refractivity (Wildman–Crippen MR) is 327 cm³/mol. The van der Waals surface area contributed by atoms with Crippen molar-refractivity contribution in [2.75, 3.05) is 47.5 Å². The van der Waals surface area contributed by atoms with Crippen molar-refractivity contribution in [2.24, 2.45) is 0 Å². The minimum absolute atomic E-state index is 0.184. The van der Waals surface area contributed by atoms with Crippen molar-refractivity contribution in [1.82, 2.24) is 0 Å². The first kappa shape index (κ1) is 74.5. The number of quaternary nitrogens is 1. The van der Waals surface area contributed by atoms with Crippen molar-refractivity contribution in [3.63, 3.8) is 0 Å². The predicted octanol–water partition coefficient (Wildman–Crippen LogP) is 20.0. The van der Waals surface area contributed by atoms with Gasteiger partial charge in [-0.2, -0.15) is 0 Å². The number of nitrogens with zero attached hydrogens (tertiary/aromatic N) is 1. The number of carbonyl (C=O) groups is 3. The second-order valence-corrected chi connectivity index (χ2v) is 23.8. The average Bonchev–Trinajstić information content (AvgIpc) is 3.40. The Labute approximate surface area is 477 Å². The number of esters is 2. The highest BCUT2D eigenvalue weighted by molar-refractivity contribution is 5.71. The molecule has 2 unspecified atom stereocenters. The van der Waals surface area contributed by atoms with Gasteiger partial charge in [-0.15, -0.1) is 0 Å². The Balaban J connectivity index is 4.09. The summed E-state index contributed by atoms with van der Waals surface area (Å²) >= 11 is 0. The molecule has 0 radical (unpaired) electrons. The number of carboxylic acid groups (broad SMARTS) is 1. The number of likely N-dealkylation sites (N-methyl/N-ethyl adjacent to an activating group) is 1. The lowest BCUT2D eigenvalue weighted by Crippen LogP contribution is -2.40. The van der Waals surface area contributed by atoms with E-state index >= 15 is 0 Å². The second kappa shape index (κ2) is 59.6. The molecule has 0 rings (SSSR count). The molecule has 9 heteroatoms. The molecule has 0 saturated heterocycles. The molecule has 0 spiro atoms. The first-order valence-electron chi connectivity index (χ1n) is 33.2. The summed E-state index contributed by atoms with van der Waals surface area (Å²) in [4.78, 5) is 37.5. The molecule has 1 N–H and O–H groups in total. The number of allylic oxidation sites excluding steroid dienone is 6. The van der Waals surface area contributed by atoms with Gasteiger partial charge in [-0.1, -0.05) is 294 Å². The monoisotopic (exact) mass is 1090 g/mol. The summed E-state index contributed by atoms with van der Waals surface area (Å²) in [5, 5.41) is 9.72. The highest BCUT2D eigenvalue weighted by Crippen LogP contribution is 2.18. The van der Waals surface area contributed by atoms with Crippen LogP contribution < -0.4 is 0 Å². The van der Waals surface area contributed by atoms with Gasteiger partial charge in [0.1, 0.15) is 13.2 Å². The maximum atomic E-state index is 12.9. The minimum Gasteiger partial charge on any atom is -0.477 e. The van der Waals surface area contributed by atoms with E-state index in [1.54, 1.807) is 0 Å². The number of hydrogen-bond acceptors (Lipinski definition) is 7. The first-order valence-corrected chi connectivity index (χ1v) is 33.2. The van der Waals surface area contributed by atoms with Gasteiger partial charge in [0.15, 0.2) is 6.10 Å². The van der Waals surface area contributed by atoms with Gasteiger partial charge in [-0.05, 0) is 51.4 Å². The lowest BCUT2D eigenvalue weighted by molar-refractivity contribution is -0.870. The smallest absolute Gasteiger partial charge is 0.361 e.